The van der Waals surface area contributed by atoms with Gasteiger partial charge in [-0.2, -0.15) is 0 Å². The molecule has 0 fully saturated rings. The highest BCUT2D eigenvalue weighted by Gasteiger charge is 2.02. The minimum absolute atomic E-state index is 0.0373. The number of nitrogens with one attached hydrogen (secondary N) is 1. The lowest BCUT2D eigenvalue weighted by molar-refractivity contribution is 0.104. The molecule has 0 radical (unpaired) electrons. The van der Waals surface area contributed by atoms with Gasteiger partial charge in [0.2, 0.25) is 0 Å². The molecule has 0 bridgehead atoms. The standard InChI is InChI=1S/C14H14N2O/c1-10-8-11(2)16-13(10)5-6-14(17)12-4-3-7-15-9-12/h3-9,16H,1-2H3/b6-5+. The molecule has 3 heteroatoms. The first-order valence-electron chi connectivity index (χ1n) is 5.45. The first kappa shape index (κ1) is 11.3. The van der Waals surface area contributed by atoms with Crippen molar-refractivity contribution in [2.24, 2.45) is 0 Å². The molecule has 2 rings (SSSR count). The van der Waals surface area contributed by atoms with Crippen LogP contribution < -0.4 is 0 Å². The van der Waals surface area contributed by atoms with Crippen LogP contribution in [0.25, 0.3) is 6.08 Å². The fourth-order valence-electron chi connectivity index (χ4n) is 1.69. The van der Waals surface area contributed by atoms with Crippen LogP contribution in [0.15, 0.2) is 36.7 Å². The first-order valence-corrected chi connectivity index (χ1v) is 5.45. The smallest absolute Gasteiger partial charge is 0.187 e. The van der Waals surface area contributed by atoms with Gasteiger partial charge in [-0.15, -0.1) is 0 Å². The SMILES string of the molecule is Cc1cc(C)c(/C=C/C(=O)c2cccnc2)[nH]1. The van der Waals surface area contributed by atoms with Gasteiger partial charge in [0.05, 0.1) is 0 Å². The van der Waals surface area contributed by atoms with Crippen LogP contribution in [-0.2, 0) is 0 Å². The highest BCUT2D eigenvalue weighted by Crippen LogP contribution is 2.11. The van der Waals surface area contributed by atoms with Gasteiger partial charge in [0.25, 0.3) is 0 Å². The van der Waals surface area contributed by atoms with Crippen molar-refractivity contribution in [3.63, 3.8) is 0 Å². The number of pyridine rings is 1. The number of rotatable bonds is 3. The van der Waals surface area contributed by atoms with Crippen LogP contribution in [0.2, 0.25) is 0 Å². The molecule has 86 valence electrons. The van der Waals surface area contributed by atoms with Gasteiger partial charge >= 0.3 is 0 Å². The van der Waals surface area contributed by atoms with Crippen molar-refractivity contribution in [1.82, 2.24) is 9.97 Å². The summed E-state index contributed by atoms with van der Waals surface area (Å²) in [7, 11) is 0. The molecule has 0 saturated heterocycles. The Labute approximate surface area is 100 Å². The van der Waals surface area contributed by atoms with Gasteiger partial charge in [-0.1, -0.05) is 0 Å². The van der Waals surface area contributed by atoms with Crippen LogP contribution in [0.5, 0.6) is 0 Å². The van der Waals surface area contributed by atoms with E-state index >= 15 is 0 Å². The third kappa shape index (κ3) is 2.69. The monoisotopic (exact) mass is 226 g/mol. The van der Waals surface area contributed by atoms with E-state index in [1.165, 1.54) is 0 Å². The minimum Gasteiger partial charge on any atom is -0.359 e. The maximum Gasteiger partial charge on any atom is 0.187 e. The Morgan fingerprint density at radius 1 is 1.41 bits per heavy atom. The quantitative estimate of drug-likeness (QED) is 0.646. The summed E-state index contributed by atoms with van der Waals surface area (Å²) in [6.45, 7) is 4.00. The molecule has 0 saturated carbocycles. The van der Waals surface area contributed by atoms with Crippen molar-refractivity contribution in [1.29, 1.82) is 0 Å². The zero-order valence-electron chi connectivity index (χ0n) is 9.90. The van der Waals surface area contributed by atoms with Crippen LogP contribution in [0.1, 0.15) is 27.3 Å². The highest BCUT2D eigenvalue weighted by molar-refractivity contribution is 6.06. The molecule has 0 unspecified atom stereocenters. The number of aromatic nitrogens is 2. The van der Waals surface area contributed by atoms with E-state index in [2.05, 4.69) is 9.97 Å². The molecule has 0 aliphatic heterocycles. The summed E-state index contributed by atoms with van der Waals surface area (Å²) >= 11 is 0. The molecule has 0 aliphatic carbocycles. The maximum absolute atomic E-state index is 11.8. The second-order valence-electron chi connectivity index (χ2n) is 3.99. The Bertz CT molecular complexity index is 553. The van der Waals surface area contributed by atoms with Gasteiger partial charge in [0.15, 0.2) is 5.78 Å². The van der Waals surface area contributed by atoms with Gasteiger partial charge in [-0.3, -0.25) is 9.78 Å². The van der Waals surface area contributed by atoms with Crippen LogP contribution in [0.4, 0.5) is 0 Å². The Morgan fingerprint density at radius 2 is 2.24 bits per heavy atom. The van der Waals surface area contributed by atoms with E-state index in [0.29, 0.717) is 5.56 Å². The van der Waals surface area contributed by atoms with Crippen LogP contribution >= 0.6 is 0 Å². The van der Waals surface area contributed by atoms with Crippen LogP contribution in [0.3, 0.4) is 0 Å². The number of hydrogen-bond donors (Lipinski definition) is 1. The Balaban J connectivity index is 2.17. The number of aromatic amines is 1. The topological polar surface area (TPSA) is 45.8 Å². The number of carbonyl (C=O) groups excluding carboxylic acids is 1. The van der Waals surface area contributed by atoms with Crippen molar-refractivity contribution >= 4 is 11.9 Å². The molecule has 2 aromatic heterocycles. The summed E-state index contributed by atoms with van der Waals surface area (Å²) in [6, 6.07) is 5.56. The third-order valence-corrected chi connectivity index (χ3v) is 2.54. The number of aryl methyl sites for hydroxylation is 2. The van der Waals surface area contributed by atoms with E-state index in [9.17, 15) is 4.79 Å². The minimum atomic E-state index is -0.0373. The maximum atomic E-state index is 11.8. The third-order valence-electron chi connectivity index (χ3n) is 2.54. The fraction of sp³-hybridized carbons (Fsp3) is 0.143. The van der Waals surface area contributed by atoms with Crippen molar-refractivity contribution in [3.05, 3.63) is 59.2 Å². The van der Waals surface area contributed by atoms with Crippen molar-refractivity contribution in [3.8, 4) is 0 Å². The van der Waals surface area contributed by atoms with Gasteiger partial charge in [-0.05, 0) is 49.8 Å². The van der Waals surface area contributed by atoms with Gasteiger partial charge in [0, 0.05) is 29.3 Å². The lowest BCUT2D eigenvalue weighted by atomic mass is 10.1. The van der Waals surface area contributed by atoms with Crippen molar-refractivity contribution in [2.45, 2.75) is 13.8 Å². The predicted molar refractivity (Wildman–Crippen MR) is 67.9 cm³/mol. The van der Waals surface area contributed by atoms with E-state index in [0.717, 1.165) is 17.0 Å². The summed E-state index contributed by atoms with van der Waals surface area (Å²) in [5, 5.41) is 0. The number of carbonyl (C=O) groups is 1. The number of allylic oxidation sites excluding steroid dienone is 1. The van der Waals surface area contributed by atoms with Crippen molar-refractivity contribution < 1.29 is 4.79 Å². The Kier molecular flexibility index (Phi) is 3.19. The number of H-pyrrole nitrogens is 1. The van der Waals surface area contributed by atoms with Gasteiger partial charge in [0.1, 0.15) is 0 Å². The number of nitrogens with zero attached hydrogens (tertiary/aromatic N) is 1. The van der Waals surface area contributed by atoms with E-state index in [-0.39, 0.29) is 5.78 Å². The van der Waals surface area contributed by atoms with E-state index in [4.69, 9.17) is 0 Å². The summed E-state index contributed by atoms with van der Waals surface area (Å²) < 4.78 is 0. The van der Waals surface area contributed by atoms with Crippen LogP contribution in [-0.4, -0.2) is 15.8 Å². The Hall–Kier alpha value is -2.16. The number of ketones is 1. The summed E-state index contributed by atoms with van der Waals surface area (Å²) in [5.41, 5.74) is 3.80. The molecule has 0 atom stereocenters. The average Bonchev–Trinajstić information content (AvgIpc) is 2.66. The lowest BCUT2D eigenvalue weighted by Crippen LogP contribution is -1.94. The second kappa shape index (κ2) is 4.78. The summed E-state index contributed by atoms with van der Waals surface area (Å²) in [4.78, 5) is 18.9. The zero-order valence-corrected chi connectivity index (χ0v) is 9.90. The Morgan fingerprint density at radius 3 is 2.82 bits per heavy atom. The summed E-state index contributed by atoms with van der Waals surface area (Å²) in [5.74, 6) is -0.0373. The molecule has 2 aromatic rings. The first-order chi connectivity index (χ1) is 8.16. The second-order valence-corrected chi connectivity index (χ2v) is 3.99. The molecular formula is C14H14N2O. The molecule has 0 spiro atoms. The molecule has 3 nitrogen and oxygen atoms in total. The van der Waals surface area contributed by atoms with Crippen molar-refractivity contribution in [2.75, 3.05) is 0 Å². The fourth-order valence-corrected chi connectivity index (χ4v) is 1.69. The molecular weight excluding hydrogens is 212 g/mol. The molecule has 1 N–H and O–H groups in total. The zero-order chi connectivity index (χ0) is 12.3. The average molecular weight is 226 g/mol. The van der Waals surface area contributed by atoms with Gasteiger partial charge in [-0.25, -0.2) is 0 Å². The van der Waals surface area contributed by atoms with Crippen LogP contribution in [0, 0.1) is 13.8 Å². The largest absolute Gasteiger partial charge is 0.359 e. The molecule has 2 heterocycles. The molecule has 0 aromatic carbocycles. The summed E-state index contributed by atoms with van der Waals surface area (Å²) in [6.07, 6.45) is 6.59. The molecule has 0 aliphatic rings. The lowest BCUT2D eigenvalue weighted by Gasteiger charge is -1.94. The van der Waals surface area contributed by atoms with E-state index in [1.807, 2.05) is 19.9 Å². The highest BCUT2D eigenvalue weighted by atomic mass is 16.1. The molecule has 0 amide bonds. The normalized spacial score (nSPS) is 10.9. The van der Waals surface area contributed by atoms with Gasteiger partial charge < -0.3 is 4.98 Å². The molecule has 17 heavy (non-hydrogen) atoms. The number of hydrogen-bond acceptors (Lipinski definition) is 2. The van der Waals surface area contributed by atoms with E-state index < -0.39 is 0 Å². The predicted octanol–water partition coefficient (Wildman–Crippen LogP) is 2.92. The van der Waals surface area contributed by atoms with E-state index in [1.54, 1.807) is 36.7 Å².